The summed E-state index contributed by atoms with van der Waals surface area (Å²) < 4.78 is 5.63. The molecule has 2 atom stereocenters. The summed E-state index contributed by atoms with van der Waals surface area (Å²) >= 11 is 3.24. The van der Waals surface area contributed by atoms with Crippen molar-refractivity contribution in [1.29, 1.82) is 0 Å². The molecule has 0 unspecified atom stereocenters. The highest BCUT2D eigenvalue weighted by molar-refractivity contribution is 7.99. The summed E-state index contributed by atoms with van der Waals surface area (Å²) in [4.78, 5) is 22.3. The summed E-state index contributed by atoms with van der Waals surface area (Å²) in [5.41, 5.74) is 1.19. The van der Waals surface area contributed by atoms with E-state index < -0.39 is 0 Å². The minimum Gasteiger partial charge on any atom is -0.377 e. The van der Waals surface area contributed by atoms with Gasteiger partial charge in [-0.3, -0.25) is 4.79 Å². The van der Waals surface area contributed by atoms with Crippen LogP contribution in [-0.2, 0) is 11.2 Å². The van der Waals surface area contributed by atoms with Crippen LogP contribution in [0.5, 0.6) is 0 Å². The first-order valence-corrected chi connectivity index (χ1v) is 10.1. The van der Waals surface area contributed by atoms with Gasteiger partial charge in [-0.1, -0.05) is 32.0 Å². The molecule has 4 nitrogen and oxygen atoms in total. The lowest BCUT2D eigenvalue weighted by molar-refractivity contribution is 0.129. The number of nitrogens with one attached hydrogen (secondary N) is 1. The summed E-state index contributed by atoms with van der Waals surface area (Å²) in [5.74, 6) is 1.44. The second kappa shape index (κ2) is 7.36. The number of hydrogen-bond acceptors (Lipinski definition) is 5. The van der Waals surface area contributed by atoms with E-state index in [1.807, 2.05) is 0 Å². The van der Waals surface area contributed by atoms with Crippen molar-refractivity contribution in [2.24, 2.45) is 5.92 Å². The molecule has 0 aliphatic carbocycles. The van der Waals surface area contributed by atoms with Crippen molar-refractivity contribution in [3.05, 3.63) is 20.8 Å². The van der Waals surface area contributed by atoms with Crippen LogP contribution in [0.1, 0.15) is 43.6 Å². The van der Waals surface area contributed by atoms with Crippen LogP contribution < -0.4 is 5.56 Å². The molecule has 0 amide bonds. The topological polar surface area (TPSA) is 55.0 Å². The monoisotopic (exact) mass is 352 g/mol. The second-order valence-corrected chi connectivity index (χ2v) is 8.56. The third kappa shape index (κ3) is 3.80. The number of thioether (sulfide) groups is 1. The van der Waals surface area contributed by atoms with Crippen LogP contribution in [0, 0.1) is 12.8 Å². The molecular formula is C17H24N2O2S2. The van der Waals surface area contributed by atoms with E-state index in [0.717, 1.165) is 48.3 Å². The summed E-state index contributed by atoms with van der Waals surface area (Å²) in [6, 6.07) is 0. The number of hydrogen-bond donors (Lipinski definition) is 1. The molecule has 1 aliphatic rings. The van der Waals surface area contributed by atoms with Gasteiger partial charge < -0.3 is 9.72 Å². The lowest BCUT2D eigenvalue weighted by atomic mass is 9.98. The Balaban J connectivity index is 1.85. The maximum atomic E-state index is 12.6. The molecule has 3 rings (SSSR count). The molecule has 126 valence electrons. The minimum atomic E-state index is 0.00694. The van der Waals surface area contributed by atoms with Crippen molar-refractivity contribution >= 4 is 33.3 Å². The summed E-state index contributed by atoms with van der Waals surface area (Å²) in [7, 11) is 0. The first kappa shape index (κ1) is 17.0. The zero-order valence-corrected chi connectivity index (χ0v) is 15.6. The number of rotatable bonds is 6. The van der Waals surface area contributed by atoms with Gasteiger partial charge in [0.15, 0.2) is 5.16 Å². The average molecular weight is 353 g/mol. The number of fused-ring (bicyclic) bond motifs is 1. The fourth-order valence-electron chi connectivity index (χ4n) is 2.91. The molecule has 0 saturated carbocycles. The number of ether oxygens (including phenoxy) is 1. The van der Waals surface area contributed by atoms with Crippen LogP contribution in [0.4, 0.5) is 0 Å². The van der Waals surface area contributed by atoms with E-state index in [0.29, 0.717) is 17.2 Å². The van der Waals surface area contributed by atoms with Gasteiger partial charge in [0.25, 0.3) is 5.56 Å². The fraction of sp³-hybridized carbons (Fsp3) is 0.647. The Bertz CT molecular complexity index is 732. The first-order valence-electron chi connectivity index (χ1n) is 8.35. The lowest BCUT2D eigenvalue weighted by Gasteiger charge is -2.09. The molecule has 1 aliphatic heterocycles. The fourth-order valence-corrected chi connectivity index (χ4v) is 4.95. The van der Waals surface area contributed by atoms with E-state index in [4.69, 9.17) is 4.74 Å². The normalized spacial score (nSPS) is 19.5. The van der Waals surface area contributed by atoms with Crippen molar-refractivity contribution in [3.8, 4) is 0 Å². The van der Waals surface area contributed by atoms with Crippen molar-refractivity contribution in [2.75, 3.05) is 12.4 Å². The van der Waals surface area contributed by atoms with Gasteiger partial charge in [0.1, 0.15) is 4.83 Å². The molecular weight excluding hydrogens is 328 g/mol. The van der Waals surface area contributed by atoms with Crippen LogP contribution in [0.25, 0.3) is 10.2 Å². The zero-order chi connectivity index (χ0) is 16.4. The molecule has 2 aromatic heterocycles. The average Bonchev–Trinajstić information content (AvgIpc) is 3.14. The van der Waals surface area contributed by atoms with E-state index in [1.54, 1.807) is 23.1 Å². The van der Waals surface area contributed by atoms with Crippen molar-refractivity contribution in [3.63, 3.8) is 0 Å². The number of H-pyrrole nitrogens is 1. The van der Waals surface area contributed by atoms with Gasteiger partial charge >= 0.3 is 0 Å². The van der Waals surface area contributed by atoms with E-state index >= 15 is 0 Å². The van der Waals surface area contributed by atoms with Gasteiger partial charge in [-0.25, -0.2) is 4.98 Å². The maximum Gasteiger partial charge on any atom is 0.260 e. The lowest BCUT2D eigenvalue weighted by Crippen LogP contribution is -2.13. The van der Waals surface area contributed by atoms with E-state index in [9.17, 15) is 4.79 Å². The molecule has 1 saturated heterocycles. The predicted molar refractivity (Wildman–Crippen MR) is 97.8 cm³/mol. The molecule has 2 aromatic rings. The molecule has 0 radical (unpaired) electrons. The second-order valence-electron chi connectivity index (χ2n) is 6.35. The molecule has 1 N–H and O–H groups in total. The first-order chi connectivity index (χ1) is 11.1. The number of nitrogens with zero attached hydrogens (tertiary/aromatic N) is 1. The van der Waals surface area contributed by atoms with Gasteiger partial charge in [0, 0.05) is 17.2 Å². The third-order valence-corrected chi connectivity index (χ3v) is 6.57. The molecule has 23 heavy (non-hydrogen) atoms. The van der Waals surface area contributed by atoms with Crippen LogP contribution in [0.2, 0.25) is 0 Å². The standard InChI is InChI=1S/C17H24N2O2S2/c1-4-10(2)8-13-11(3)23-16-14(13)15(20)18-17(19-16)22-9-12-6-5-7-21-12/h10,12H,4-9H2,1-3H3,(H,18,19,20)/t10-,12-/m0/s1. The smallest absolute Gasteiger partial charge is 0.260 e. The Morgan fingerprint density at radius 3 is 3.04 bits per heavy atom. The van der Waals surface area contributed by atoms with Crippen LogP contribution in [-0.4, -0.2) is 28.4 Å². The van der Waals surface area contributed by atoms with E-state index in [1.165, 1.54) is 10.4 Å². The highest BCUT2D eigenvalue weighted by atomic mass is 32.2. The van der Waals surface area contributed by atoms with Gasteiger partial charge in [-0.15, -0.1) is 11.3 Å². The number of aryl methyl sites for hydroxylation is 1. The maximum absolute atomic E-state index is 12.6. The molecule has 0 bridgehead atoms. The van der Waals surface area contributed by atoms with E-state index in [-0.39, 0.29) is 5.56 Å². The number of thiophene rings is 1. The largest absolute Gasteiger partial charge is 0.377 e. The zero-order valence-electron chi connectivity index (χ0n) is 14.0. The minimum absolute atomic E-state index is 0.00694. The van der Waals surface area contributed by atoms with Crippen LogP contribution in [0.3, 0.4) is 0 Å². The number of aromatic amines is 1. The van der Waals surface area contributed by atoms with E-state index in [2.05, 4.69) is 30.7 Å². The molecule has 0 aromatic carbocycles. The molecule has 0 spiro atoms. The Labute approximate surface area is 145 Å². The third-order valence-electron chi connectivity index (χ3n) is 4.52. The Hall–Kier alpha value is -0.850. The molecule has 3 heterocycles. The molecule has 1 fully saturated rings. The summed E-state index contributed by atoms with van der Waals surface area (Å²) in [5, 5.41) is 1.52. The van der Waals surface area contributed by atoms with Crippen LogP contribution >= 0.6 is 23.1 Å². The van der Waals surface area contributed by atoms with Gasteiger partial charge in [0.2, 0.25) is 0 Å². The predicted octanol–water partition coefficient (Wildman–Crippen LogP) is 4.15. The summed E-state index contributed by atoms with van der Waals surface area (Å²) in [6.07, 6.45) is 4.62. The van der Waals surface area contributed by atoms with Crippen LogP contribution in [0.15, 0.2) is 9.95 Å². The van der Waals surface area contributed by atoms with Crippen molar-refractivity contribution in [1.82, 2.24) is 9.97 Å². The van der Waals surface area contributed by atoms with Gasteiger partial charge in [-0.2, -0.15) is 0 Å². The quantitative estimate of drug-likeness (QED) is 0.627. The Morgan fingerprint density at radius 2 is 2.35 bits per heavy atom. The Kier molecular flexibility index (Phi) is 5.44. The molecule has 6 heteroatoms. The number of aromatic nitrogens is 2. The van der Waals surface area contributed by atoms with Crippen molar-refractivity contribution < 1.29 is 4.74 Å². The highest BCUT2D eigenvalue weighted by Gasteiger charge is 2.19. The van der Waals surface area contributed by atoms with Gasteiger partial charge in [0.05, 0.1) is 11.5 Å². The summed E-state index contributed by atoms with van der Waals surface area (Å²) in [6.45, 7) is 7.38. The SMILES string of the molecule is CC[C@H](C)Cc1c(C)sc2nc(SC[C@@H]3CCCO3)[nH]c(=O)c12. The Morgan fingerprint density at radius 1 is 1.52 bits per heavy atom. The highest BCUT2D eigenvalue weighted by Crippen LogP contribution is 2.31. The van der Waals surface area contributed by atoms with Crippen molar-refractivity contribution in [2.45, 2.75) is 57.7 Å². The van der Waals surface area contributed by atoms with Gasteiger partial charge in [-0.05, 0) is 37.7 Å².